The van der Waals surface area contributed by atoms with Gasteiger partial charge in [0.15, 0.2) is 0 Å². The number of alkyl carbamates (subject to hydrolysis) is 1. The average molecular weight is 503 g/mol. The summed E-state index contributed by atoms with van der Waals surface area (Å²) in [7, 11) is 0. The van der Waals surface area contributed by atoms with Crippen molar-refractivity contribution in [3.05, 3.63) is 89.0 Å². The minimum atomic E-state index is -0.952. The largest absolute Gasteiger partial charge is 0.489 e. The fraction of sp³-hybridized carbons (Fsp3) is 0.400. The third kappa shape index (κ3) is 6.05. The van der Waals surface area contributed by atoms with Crippen LogP contribution in [-0.2, 0) is 11.3 Å². The van der Waals surface area contributed by atoms with Crippen LogP contribution >= 0.6 is 0 Å². The topological polar surface area (TPSA) is 88.1 Å². The van der Waals surface area contributed by atoms with Gasteiger partial charge in [-0.3, -0.25) is 4.90 Å². The highest BCUT2D eigenvalue weighted by Gasteiger charge is 2.37. The van der Waals surface area contributed by atoms with Gasteiger partial charge in [-0.15, -0.1) is 0 Å². The van der Waals surface area contributed by atoms with Crippen molar-refractivity contribution in [3.8, 4) is 5.75 Å². The van der Waals surface area contributed by atoms with Gasteiger partial charge in [0, 0.05) is 6.54 Å². The van der Waals surface area contributed by atoms with Gasteiger partial charge in [-0.05, 0) is 85.2 Å². The van der Waals surface area contributed by atoms with Gasteiger partial charge in [-0.2, -0.15) is 0 Å². The molecule has 0 saturated carbocycles. The lowest BCUT2D eigenvalue weighted by molar-refractivity contribution is -0.0337. The Morgan fingerprint density at radius 1 is 1.14 bits per heavy atom. The molecule has 3 aliphatic heterocycles. The average Bonchev–Trinajstić information content (AvgIpc) is 2.92. The maximum atomic E-state index is 13.1. The molecule has 2 N–H and O–H groups in total. The van der Waals surface area contributed by atoms with E-state index in [-0.39, 0.29) is 29.7 Å². The lowest BCUT2D eigenvalue weighted by atomic mass is 9.85. The summed E-state index contributed by atoms with van der Waals surface area (Å²) in [5.74, 6) is 0.458. The van der Waals surface area contributed by atoms with Crippen LogP contribution in [0.25, 0.3) is 0 Å². The molecule has 7 nitrogen and oxygen atoms in total. The summed E-state index contributed by atoms with van der Waals surface area (Å²) < 4.78 is 12.0. The van der Waals surface area contributed by atoms with E-state index in [1.807, 2.05) is 30.3 Å². The smallest absolute Gasteiger partial charge is 0.408 e. The van der Waals surface area contributed by atoms with Crippen LogP contribution in [0.1, 0.15) is 53.7 Å². The Balaban J connectivity index is 1.30. The fourth-order valence-corrected chi connectivity index (χ4v) is 5.53. The number of carboxylic acids is 1. The number of carboxylic acid groups (broad SMARTS) is 1. The number of carbonyl (C=O) groups excluding carboxylic acids is 1. The first-order chi connectivity index (χ1) is 18.0. The zero-order chi connectivity index (χ0) is 25.8. The molecule has 2 aromatic rings. The summed E-state index contributed by atoms with van der Waals surface area (Å²) in [6, 6.07) is 14.1. The second-order valence-electron chi connectivity index (χ2n) is 10.3. The third-order valence-corrected chi connectivity index (χ3v) is 7.73. The highest BCUT2D eigenvalue weighted by Crippen LogP contribution is 2.34. The molecule has 1 amide bonds. The first-order valence-corrected chi connectivity index (χ1v) is 13.1. The van der Waals surface area contributed by atoms with E-state index in [0.717, 1.165) is 55.6 Å². The number of allylic oxidation sites excluding steroid dienone is 3. The van der Waals surface area contributed by atoms with Crippen molar-refractivity contribution < 1.29 is 24.2 Å². The number of rotatable bonds is 8. The van der Waals surface area contributed by atoms with E-state index >= 15 is 0 Å². The van der Waals surface area contributed by atoms with E-state index < -0.39 is 5.97 Å². The molecule has 0 aromatic heterocycles. The summed E-state index contributed by atoms with van der Waals surface area (Å²) in [6.07, 6.45) is 8.95. The molecule has 194 valence electrons. The van der Waals surface area contributed by atoms with Gasteiger partial charge in [-0.1, -0.05) is 49.4 Å². The first-order valence-electron chi connectivity index (χ1n) is 13.1. The van der Waals surface area contributed by atoms with Gasteiger partial charge < -0.3 is 19.9 Å². The van der Waals surface area contributed by atoms with Gasteiger partial charge in [0.2, 0.25) is 0 Å². The number of hydrogen-bond acceptors (Lipinski definition) is 5. The van der Waals surface area contributed by atoms with E-state index in [1.54, 1.807) is 24.3 Å². The minimum Gasteiger partial charge on any atom is -0.489 e. The van der Waals surface area contributed by atoms with E-state index in [1.165, 1.54) is 0 Å². The van der Waals surface area contributed by atoms with Crippen LogP contribution in [0.2, 0.25) is 0 Å². The van der Waals surface area contributed by atoms with Crippen LogP contribution in [0.15, 0.2) is 72.3 Å². The van der Waals surface area contributed by atoms with Crippen molar-refractivity contribution in [2.45, 2.75) is 44.9 Å². The first kappa shape index (κ1) is 25.1. The SMILES string of the molecule is CC1CC=CC=C1[C@H](NC(=O)O[C@H]1CN2CCC1CC2)c1cccc(OCc2ccc(C(=O)O)cc2)c1. The van der Waals surface area contributed by atoms with Crippen LogP contribution in [0.4, 0.5) is 4.79 Å². The summed E-state index contributed by atoms with van der Waals surface area (Å²) in [5.41, 5.74) is 3.18. The lowest BCUT2D eigenvalue weighted by Gasteiger charge is -2.44. The van der Waals surface area contributed by atoms with Crippen LogP contribution < -0.4 is 10.1 Å². The lowest BCUT2D eigenvalue weighted by Crippen LogP contribution is -2.52. The molecule has 1 unspecified atom stereocenters. The van der Waals surface area contributed by atoms with E-state index in [2.05, 4.69) is 29.3 Å². The molecule has 0 spiro atoms. The van der Waals surface area contributed by atoms with Crippen LogP contribution in [0.5, 0.6) is 5.75 Å². The number of fused-ring (bicyclic) bond motifs is 3. The Bertz CT molecular complexity index is 1180. The van der Waals surface area contributed by atoms with Gasteiger partial charge >= 0.3 is 12.1 Å². The predicted molar refractivity (Wildman–Crippen MR) is 140 cm³/mol. The molecule has 3 fully saturated rings. The number of benzene rings is 2. The molecular formula is C30H34N2O5. The van der Waals surface area contributed by atoms with Gasteiger partial charge in [-0.25, -0.2) is 9.59 Å². The van der Waals surface area contributed by atoms with Gasteiger partial charge in [0.25, 0.3) is 0 Å². The Hall–Kier alpha value is -3.58. The number of aromatic carboxylic acids is 1. The monoisotopic (exact) mass is 502 g/mol. The predicted octanol–water partition coefficient (Wildman–Crippen LogP) is 5.35. The van der Waals surface area contributed by atoms with E-state index in [9.17, 15) is 9.59 Å². The number of ether oxygens (including phenoxy) is 2. The fourth-order valence-electron chi connectivity index (χ4n) is 5.53. The van der Waals surface area contributed by atoms with E-state index in [0.29, 0.717) is 18.3 Å². The highest BCUT2D eigenvalue weighted by atomic mass is 16.6. The number of piperidine rings is 3. The highest BCUT2D eigenvalue weighted by molar-refractivity contribution is 5.87. The second-order valence-corrected chi connectivity index (χ2v) is 10.3. The summed E-state index contributed by atoms with van der Waals surface area (Å²) in [4.78, 5) is 26.6. The molecule has 2 aromatic carbocycles. The van der Waals surface area contributed by atoms with Gasteiger partial charge in [0.05, 0.1) is 11.6 Å². The van der Waals surface area contributed by atoms with Crippen LogP contribution in [-0.4, -0.2) is 47.8 Å². The molecule has 3 saturated heterocycles. The van der Waals surface area contributed by atoms with Crippen molar-refractivity contribution in [1.29, 1.82) is 0 Å². The summed E-state index contributed by atoms with van der Waals surface area (Å²) >= 11 is 0. The van der Waals surface area contributed by atoms with E-state index in [4.69, 9.17) is 14.6 Å². The number of amides is 1. The molecule has 6 rings (SSSR count). The Morgan fingerprint density at radius 2 is 1.92 bits per heavy atom. The zero-order valence-electron chi connectivity index (χ0n) is 21.1. The Morgan fingerprint density at radius 3 is 2.59 bits per heavy atom. The number of hydrogen-bond donors (Lipinski definition) is 2. The van der Waals surface area contributed by atoms with Crippen molar-refractivity contribution in [1.82, 2.24) is 10.2 Å². The maximum Gasteiger partial charge on any atom is 0.408 e. The molecule has 3 atom stereocenters. The molecule has 1 aliphatic carbocycles. The van der Waals surface area contributed by atoms with Crippen molar-refractivity contribution in [2.24, 2.45) is 11.8 Å². The quantitative estimate of drug-likeness (QED) is 0.506. The normalized spacial score (nSPS) is 25.2. The van der Waals surface area contributed by atoms with Crippen molar-refractivity contribution in [3.63, 3.8) is 0 Å². The molecule has 2 bridgehead atoms. The molecule has 3 heterocycles. The zero-order valence-corrected chi connectivity index (χ0v) is 21.1. The van der Waals surface area contributed by atoms with Crippen molar-refractivity contribution >= 4 is 12.1 Å². The third-order valence-electron chi connectivity index (χ3n) is 7.73. The molecular weight excluding hydrogens is 468 g/mol. The molecule has 7 heteroatoms. The molecule has 37 heavy (non-hydrogen) atoms. The van der Waals surface area contributed by atoms with Crippen LogP contribution in [0.3, 0.4) is 0 Å². The molecule has 0 radical (unpaired) electrons. The van der Waals surface area contributed by atoms with Gasteiger partial charge in [0.1, 0.15) is 18.5 Å². The molecule has 4 aliphatic rings. The summed E-state index contributed by atoms with van der Waals surface area (Å²) in [5, 5.41) is 12.3. The standard InChI is InChI=1S/C30H34N2O5/c1-20-5-2-3-8-26(20)28(31-30(35)37-27-18-32-15-13-22(27)14-16-32)24-6-4-7-25(17-24)36-19-21-9-11-23(12-10-21)29(33)34/h2-4,6-12,17,20,22,27-28H,5,13-16,18-19H2,1H3,(H,31,35)(H,33,34)/t20?,27-,28+/m0/s1. The Kier molecular flexibility index (Phi) is 7.60. The minimum absolute atomic E-state index is 0.0528. The van der Waals surface area contributed by atoms with Crippen molar-refractivity contribution in [2.75, 3.05) is 19.6 Å². The summed E-state index contributed by atoms with van der Waals surface area (Å²) in [6.45, 7) is 5.50. The number of carbonyl (C=O) groups is 2. The second kappa shape index (κ2) is 11.2. The number of nitrogens with zero attached hydrogens (tertiary/aromatic N) is 1. The number of nitrogens with one attached hydrogen (secondary N) is 1. The Labute approximate surface area is 217 Å². The van der Waals surface area contributed by atoms with Crippen LogP contribution in [0, 0.1) is 11.8 Å². The maximum absolute atomic E-state index is 13.1.